The Kier molecular flexibility index (Phi) is 1.81. The monoisotopic (exact) mass is 203 g/mol. The van der Waals surface area contributed by atoms with Gasteiger partial charge in [-0.25, -0.2) is 0 Å². The lowest BCUT2D eigenvalue weighted by Crippen LogP contribution is -2.19. The molecule has 0 aromatic carbocycles. The van der Waals surface area contributed by atoms with Gasteiger partial charge in [0, 0.05) is 12.0 Å². The zero-order valence-corrected chi connectivity index (χ0v) is 8.64. The molecule has 0 amide bonds. The van der Waals surface area contributed by atoms with Crippen molar-refractivity contribution in [2.24, 2.45) is 17.8 Å². The number of hydrogen-bond acceptors (Lipinski definition) is 3. The molecule has 15 heavy (non-hydrogen) atoms. The van der Waals surface area contributed by atoms with E-state index in [1.165, 1.54) is 0 Å². The van der Waals surface area contributed by atoms with E-state index in [1.54, 1.807) is 6.07 Å². The molecule has 3 atom stereocenters. The maximum absolute atomic E-state index is 12.1. The van der Waals surface area contributed by atoms with Crippen molar-refractivity contribution >= 4 is 5.78 Å². The minimum absolute atomic E-state index is 0.143. The number of nitrogens with zero attached hydrogens (tertiary/aromatic N) is 1. The highest BCUT2D eigenvalue weighted by Crippen LogP contribution is 2.44. The Morgan fingerprint density at radius 2 is 2.33 bits per heavy atom. The number of hydrogen-bond donors (Lipinski definition) is 0. The number of fused-ring (bicyclic) bond motifs is 2. The SMILES string of the molecule is Cc1cc(C(=O)[C@H]2C[C@H]3C=C[C@@H]2C3)no1. The van der Waals surface area contributed by atoms with Gasteiger partial charge < -0.3 is 4.52 Å². The van der Waals surface area contributed by atoms with Gasteiger partial charge in [-0.15, -0.1) is 0 Å². The standard InChI is InChI=1S/C12H13NO2/c1-7-4-11(13-15-7)12(14)10-6-8-2-3-9(10)5-8/h2-4,8-10H,5-6H2,1H3/t8-,9+,10-/m0/s1. The summed E-state index contributed by atoms with van der Waals surface area (Å²) in [5.41, 5.74) is 0.499. The van der Waals surface area contributed by atoms with Crippen LogP contribution in [0.1, 0.15) is 29.1 Å². The fourth-order valence-corrected chi connectivity index (χ4v) is 2.75. The largest absolute Gasteiger partial charge is 0.361 e. The van der Waals surface area contributed by atoms with Crippen LogP contribution in [0.4, 0.5) is 0 Å². The molecule has 2 bridgehead atoms. The number of Topliss-reactive ketones (excluding diaryl/α,β-unsaturated/α-hetero) is 1. The van der Waals surface area contributed by atoms with E-state index in [0.717, 1.165) is 12.8 Å². The summed E-state index contributed by atoms with van der Waals surface area (Å²) in [5, 5.41) is 3.80. The van der Waals surface area contributed by atoms with Crippen LogP contribution in [0.5, 0.6) is 0 Å². The Labute approximate surface area is 88.1 Å². The van der Waals surface area contributed by atoms with Crippen LogP contribution in [-0.2, 0) is 0 Å². The van der Waals surface area contributed by atoms with Crippen LogP contribution in [0.3, 0.4) is 0 Å². The summed E-state index contributed by atoms with van der Waals surface area (Å²) in [6.45, 7) is 1.81. The Morgan fingerprint density at radius 1 is 1.47 bits per heavy atom. The Hall–Kier alpha value is -1.38. The summed E-state index contributed by atoms with van der Waals surface area (Å²) in [7, 11) is 0. The van der Waals surface area contributed by atoms with Crippen LogP contribution in [-0.4, -0.2) is 10.9 Å². The van der Waals surface area contributed by atoms with Gasteiger partial charge in [-0.2, -0.15) is 0 Å². The van der Waals surface area contributed by atoms with E-state index < -0.39 is 0 Å². The molecule has 2 aliphatic carbocycles. The van der Waals surface area contributed by atoms with Crippen LogP contribution in [0.15, 0.2) is 22.7 Å². The van der Waals surface area contributed by atoms with Crippen molar-refractivity contribution in [3.05, 3.63) is 29.7 Å². The van der Waals surface area contributed by atoms with E-state index in [-0.39, 0.29) is 11.7 Å². The van der Waals surface area contributed by atoms with Gasteiger partial charge in [0.2, 0.25) is 0 Å². The third-order valence-electron chi connectivity index (χ3n) is 3.50. The molecule has 0 spiro atoms. The minimum atomic E-state index is 0.143. The van der Waals surface area contributed by atoms with Crippen molar-refractivity contribution in [3.63, 3.8) is 0 Å². The van der Waals surface area contributed by atoms with Gasteiger partial charge in [-0.1, -0.05) is 17.3 Å². The number of ketones is 1. The van der Waals surface area contributed by atoms with Crippen LogP contribution in [0.2, 0.25) is 0 Å². The van der Waals surface area contributed by atoms with Crippen LogP contribution in [0, 0.1) is 24.7 Å². The Morgan fingerprint density at radius 3 is 2.87 bits per heavy atom. The van der Waals surface area contributed by atoms with E-state index in [0.29, 0.717) is 23.3 Å². The van der Waals surface area contributed by atoms with Gasteiger partial charge in [0.05, 0.1) is 0 Å². The zero-order valence-electron chi connectivity index (χ0n) is 8.64. The van der Waals surface area contributed by atoms with Crippen LogP contribution < -0.4 is 0 Å². The second kappa shape index (κ2) is 3.05. The molecule has 1 saturated carbocycles. The highest BCUT2D eigenvalue weighted by atomic mass is 16.5. The third-order valence-corrected chi connectivity index (χ3v) is 3.50. The lowest BCUT2D eigenvalue weighted by atomic mass is 9.88. The molecule has 3 nitrogen and oxygen atoms in total. The third kappa shape index (κ3) is 1.34. The molecule has 1 fully saturated rings. The maximum Gasteiger partial charge on any atom is 0.188 e. The molecule has 3 heteroatoms. The molecule has 78 valence electrons. The molecule has 0 aliphatic heterocycles. The molecule has 0 unspecified atom stereocenters. The Bertz CT molecular complexity index is 433. The summed E-state index contributed by atoms with van der Waals surface area (Å²) < 4.78 is 4.94. The second-order valence-corrected chi connectivity index (χ2v) is 4.57. The molecular weight excluding hydrogens is 190 g/mol. The predicted molar refractivity (Wildman–Crippen MR) is 54.4 cm³/mol. The summed E-state index contributed by atoms with van der Waals surface area (Å²) in [4.78, 5) is 12.1. The normalized spacial score (nSPS) is 32.5. The van der Waals surface area contributed by atoms with Gasteiger partial charge in [0.25, 0.3) is 0 Å². The number of aromatic nitrogens is 1. The van der Waals surface area contributed by atoms with Gasteiger partial charge in [-0.3, -0.25) is 4.79 Å². The van der Waals surface area contributed by atoms with Crippen molar-refractivity contribution in [1.29, 1.82) is 0 Å². The molecule has 2 aliphatic rings. The van der Waals surface area contributed by atoms with Crippen molar-refractivity contribution < 1.29 is 9.32 Å². The lowest BCUT2D eigenvalue weighted by Gasteiger charge is -2.14. The molecule has 0 radical (unpaired) electrons. The maximum atomic E-state index is 12.1. The molecule has 3 rings (SSSR count). The van der Waals surface area contributed by atoms with Gasteiger partial charge in [-0.05, 0) is 31.6 Å². The van der Waals surface area contributed by atoms with Crippen molar-refractivity contribution in [2.45, 2.75) is 19.8 Å². The average Bonchev–Trinajstić information content (AvgIpc) is 2.90. The smallest absolute Gasteiger partial charge is 0.188 e. The first-order valence-electron chi connectivity index (χ1n) is 5.40. The van der Waals surface area contributed by atoms with E-state index in [1.807, 2.05) is 6.92 Å². The highest BCUT2D eigenvalue weighted by Gasteiger charge is 2.40. The van der Waals surface area contributed by atoms with Crippen molar-refractivity contribution in [2.75, 3.05) is 0 Å². The summed E-state index contributed by atoms with van der Waals surface area (Å²) in [5.74, 6) is 2.07. The van der Waals surface area contributed by atoms with Gasteiger partial charge >= 0.3 is 0 Å². The number of carbonyl (C=O) groups is 1. The first-order valence-corrected chi connectivity index (χ1v) is 5.40. The van der Waals surface area contributed by atoms with Crippen molar-refractivity contribution in [1.82, 2.24) is 5.16 Å². The lowest BCUT2D eigenvalue weighted by molar-refractivity contribution is 0.0892. The molecule has 1 aromatic heterocycles. The fourth-order valence-electron chi connectivity index (χ4n) is 2.75. The molecule has 0 saturated heterocycles. The number of carbonyl (C=O) groups excluding carboxylic acids is 1. The second-order valence-electron chi connectivity index (χ2n) is 4.57. The van der Waals surface area contributed by atoms with E-state index in [4.69, 9.17) is 4.52 Å². The zero-order chi connectivity index (χ0) is 10.4. The molecule has 1 heterocycles. The number of allylic oxidation sites excluding steroid dienone is 2. The minimum Gasteiger partial charge on any atom is -0.361 e. The summed E-state index contributed by atoms with van der Waals surface area (Å²) >= 11 is 0. The van der Waals surface area contributed by atoms with Crippen molar-refractivity contribution in [3.8, 4) is 0 Å². The highest BCUT2D eigenvalue weighted by molar-refractivity contribution is 5.96. The van der Waals surface area contributed by atoms with Crippen LogP contribution >= 0.6 is 0 Å². The van der Waals surface area contributed by atoms with E-state index >= 15 is 0 Å². The van der Waals surface area contributed by atoms with Crippen LogP contribution in [0.25, 0.3) is 0 Å². The first kappa shape index (κ1) is 8.89. The fraction of sp³-hybridized carbons (Fsp3) is 0.500. The van der Waals surface area contributed by atoms with Gasteiger partial charge in [0.1, 0.15) is 11.5 Å². The predicted octanol–water partition coefficient (Wildman–Crippen LogP) is 2.38. The van der Waals surface area contributed by atoms with E-state index in [2.05, 4.69) is 17.3 Å². The average molecular weight is 203 g/mol. The number of rotatable bonds is 2. The topological polar surface area (TPSA) is 43.1 Å². The van der Waals surface area contributed by atoms with Gasteiger partial charge in [0.15, 0.2) is 5.78 Å². The number of aryl methyl sites for hydroxylation is 1. The molecule has 1 aromatic rings. The molecular formula is C12H13NO2. The Balaban J connectivity index is 1.84. The first-order chi connectivity index (χ1) is 7.24. The van der Waals surface area contributed by atoms with E-state index in [9.17, 15) is 4.79 Å². The quantitative estimate of drug-likeness (QED) is 0.547. The molecule has 0 N–H and O–H groups in total. The summed E-state index contributed by atoms with van der Waals surface area (Å²) in [6.07, 6.45) is 6.56. The summed E-state index contributed by atoms with van der Waals surface area (Å²) in [6, 6.07) is 1.73.